The molecular formula is C20H16BrFN2O3. The monoisotopic (exact) mass is 430 g/mol. The zero-order valence-corrected chi connectivity index (χ0v) is 15.9. The Morgan fingerprint density at radius 2 is 1.85 bits per heavy atom. The van der Waals surface area contributed by atoms with E-state index >= 15 is 0 Å². The van der Waals surface area contributed by atoms with E-state index in [1.165, 1.54) is 22.9 Å². The number of hydrogen-bond acceptors (Lipinski definition) is 4. The first kappa shape index (κ1) is 17.7. The SMILES string of the molecule is O=c1ccc(-c2ccc3c(c2)OCCCO3)nn1Cc1ccc(F)cc1Br. The maximum Gasteiger partial charge on any atom is 0.267 e. The Morgan fingerprint density at radius 1 is 1.04 bits per heavy atom. The van der Waals surface area contributed by atoms with Crippen LogP contribution in [0.25, 0.3) is 11.3 Å². The maximum atomic E-state index is 13.3. The summed E-state index contributed by atoms with van der Waals surface area (Å²) in [5.41, 5.74) is 2.00. The summed E-state index contributed by atoms with van der Waals surface area (Å²) in [5, 5.41) is 4.47. The highest BCUT2D eigenvalue weighted by molar-refractivity contribution is 9.10. The van der Waals surface area contributed by atoms with Crippen molar-refractivity contribution in [2.75, 3.05) is 13.2 Å². The van der Waals surface area contributed by atoms with Gasteiger partial charge in [-0.1, -0.05) is 22.0 Å². The van der Waals surface area contributed by atoms with Gasteiger partial charge in [-0.3, -0.25) is 4.79 Å². The number of nitrogens with zero attached hydrogens (tertiary/aromatic N) is 2. The molecule has 0 N–H and O–H groups in total. The van der Waals surface area contributed by atoms with Crippen LogP contribution in [0.2, 0.25) is 0 Å². The average molecular weight is 431 g/mol. The van der Waals surface area contributed by atoms with Crippen LogP contribution in [0, 0.1) is 5.82 Å². The highest BCUT2D eigenvalue weighted by Crippen LogP contribution is 2.33. The van der Waals surface area contributed by atoms with Gasteiger partial charge in [0.05, 0.1) is 25.5 Å². The molecule has 4 rings (SSSR count). The lowest BCUT2D eigenvalue weighted by molar-refractivity contribution is 0.297. The summed E-state index contributed by atoms with van der Waals surface area (Å²) in [6.07, 6.45) is 0.833. The molecule has 2 heterocycles. The van der Waals surface area contributed by atoms with Gasteiger partial charge in [-0.2, -0.15) is 5.10 Å². The smallest absolute Gasteiger partial charge is 0.267 e. The van der Waals surface area contributed by atoms with Crippen LogP contribution >= 0.6 is 15.9 Å². The van der Waals surface area contributed by atoms with E-state index in [1.807, 2.05) is 18.2 Å². The number of aromatic nitrogens is 2. The van der Waals surface area contributed by atoms with Crippen molar-refractivity contribution in [1.29, 1.82) is 0 Å². The molecule has 5 nitrogen and oxygen atoms in total. The molecule has 0 unspecified atom stereocenters. The van der Waals surface area contributed by atoms with Crippen LogP contribution in [0.4, 0.5) is 4.39 Å². The third-order valence-corrected chi connectivity index (χ3v) is 4.98. The molecule has 0 amide bonds. The van der Waals surface area contributed by atoms with Crippen LogP contribution in [-0.4, -0.2) is 23.0 Å². The average Bonchev–Trinajstić information content (AvgIpc) is 2.90. The Labute approximate surface area is 163 Å². The lowest BCUT2D eigenvalue weighted by Gasteiger charge is -2.11. The lowest BCUT2D eigenvalue weighted by atomic mass is 10.1. The maximum absolute atomic E-state index is 13.3. The minimum absolute atomic E-state index is 0.232. The molecule has 7 heteroatoms. The summed E-state index contributed by atoms with van der Waals surface area (Å²) < 4.78 is 26.6. The molecule has 0 radical (unpaired) electrons. The van der Waals surface area contributed by atoms with Gasteiger partial charge in [0.1, 0.15) is 5.82 Å². The minimum atomic E-state index is -0.341. The highest BCUT2D eigenvalue weighted by Gasteiger charge is 2.13. The zero-order valence-electron chi connectivity index (χ0n) is 14.3. The quantitative estimate of drug-likeness (QED) is 0.629. The van der Waals surface area contributed by atoms with E-state index in [-0.39, 0.29) is 17.9 Å². The van der Waals surface area contributed by atoms with E-state index in [0.717, 1.165) is 17.5 Å². The normalized spacial score (nSPS) is 13.3. The zero-order chi connectivity index (χ0) is 18.8. The molecule has 0 bridgehead atoms. The van der Waals surface area contributed by atoms with Gasteiger partial charge in [0, 0.05) is 22.5 Å². The number of ether oxygens (including phenoxy) is 2. The molecule has 1 aromatic heterocycles. The molecule has 1 aliphatic heterocycles. The second-order valence-electron chi connectivity index (χ2n) is 6.16. The van der Waals surface area contributed by atoms with Gasteiger partial charge < -0.3 is 9.47 Å². The Hall–Kier alpha value is -2.67. The van der Waals surface area contributed by atoms with Crippen LogP contribution < -0.4 is 15.0 Å². The first-order chi connectivity index (χ1) is 13.1. The summed E-state index contributed by atoms with van der Waals surface area (Å²) in [6, 6.07) is 13.1. The summed E-state index contributed by atoms with van der Waals surface area (Å²) in [4.78, 5) is 12.2. The van der Waals surface area contributed by atoms with Crippen molar-refractivity contribution in [2.45, 2.75) is 13.0 Å². The molecule has 0 saturated heterocycles. The van der Waals surface area contributed by atoms with Gasteiger partial charge >= 0.3 is 0 Å². The van der Waals surface area contributed by atoms with Crippen molar-refractivity contribution in [2.24, 2.45) is 0 Å². The summed E-state index contributed by atoms with van der Waals surface area (Å²) in [6.45, 7) is 1.46. The Bertz CT molecular complexity index is 1050. The molecule has 138 valence electrons. The van der Waals surface area contributed by atoms with E-state index in [1.54, 1.807) is 12.1 Å². The van der Waals surface area contributed by atoms with Crippen molar-refractivity contribution < 1.29 is 13.9 Å². The molecular weight excluding hydrogens is 415 g/mol. The van der Waals surface area contributed by atoms with Crippen LogP contribution in [0.1, 0.15) is 12.0 Å². The Kier molecular flexibility index (Phi) is 4.94. The first-order valence-electron chi connectivity index (χ1n) is 8.52. The lowest BCUT2D eigenvalue weighted by Crippen LogP contribution is -2.23. The fourth-order valence-electron chi connectivity index (χ4n) is 2.85. The van der Waals surface area contributed by atoms with E-state index in [2.05, 4.69) is 21.0 Å². The molecule has 1 aliphatic rings. The third-order valence-electron chi connectivity index (χ3n) is 4.25. The van der Waals surface area contributed by atoms with Gasteiger partial charge in [0.2, 0.25) is 0 Å². The largest absolute Gasteiger partial charge is 0.490 e. The number of benzene rings is 2. The fourth-order valence-corrected chi connectivity index (χ4v) is 3.33. The molecule has 3 aromatic rings. The van der Waals surface area contributed by atoms with Crippen molar-refractivity contribution in [3.63, 3.8) is 0 Å². The topological polar surface area (TPSA) is 53.4 Å². The number of rotatable bonds is 3. The molecule has 0 fully saturated rings. The summed E-state index contributed by atoms with van der Waals surface area (Å²) >= 11 is 3.33. The van der Waals surface area contributed by atoms with Gasteiger partial charge in [0.25, 0.3) is 5.56 Å². The van der Waals surface area contributed by atoms with Crippen molar-refractivity contribution in [1.82, 2.24) is 9.78 Å². The van der Waals surface area contributed by atoms with Crippen LogP contribution in [0.3, 0.4) is 0 Å². The second kappa shape index (κ2) is 7.52. The van der Waals surface area contributed by atoms with Gasteiger partial charge in [-0.25, -0.2) is 9.07 Å². The van der Waals surface area contributed by atoms with E-state index < -0.39 is 0 Å². The van der Waals surface area contributed by atoms with Crippen molar-refractivity contribution in [3.8, 4) is 22.8 Å². The first-order valence-corrected chi connectivity index (χ1v) is 9.31. The van der Waals surface area contributed by atoms with Crippen LogP contribution in [-0.2, 0) is 6.54 Å². The molecule has 0 aliphatic carbocycles. The van der Waals surface area contributed by atoms with Crippen molar-refractivity contribution >= 4 is 15.9 Å². The van der Waals surface area contributed by atoms with E-state index in [4.69, 9.17) is 9.47 Å². The molecule has 27 heavy (non-hydrogen) atoms. The Morgan fingerprint density at radius 3 is 2.67 bits per heavy atom. The third kappa shape index (κ3) is 3.88. The van der Waals surface area contributed by atoms with Gasteiger partial charge in [0.15, 0.2) is 11.5 Å². The highest BCUT2D eigenvalue weighted by atomic mass is 79.9. The standard InChI is InChI=1S/C20H16BrFN2O3/c21-16-11-15(22)4-2-14(16)12-24-20(25)7-5-17(23-24)13-3-6-18-19(10-13)27-9-1-8-26-18/h2-7,10-11H,1,8-9,12H2. The fraction of sp³-hybridized carbons (Fsp3) is 0.200. The number of fused-ring (bicyclic) bond motifs is 1. The molecule has 0 atom stereocenters. The predicted octanol–water partition coefficient (Wildman–Crippen LogP) is 4.02. The number of halogens is 2. The Balaban J connectivity index is 1.68. The summed E-state index contributed by atoms with van der Waals surface area (Å²) in [5.74, 6) is 1.04. The van der Waals surface area contributed by atoms with Crippen LogP contribution in [0.5, 0.6) is 11.5 Å². The second-order valence-corrected chi connectivity index (χ2v) is 7.02. The predicted molar refractivity (Wildman–Crippen MR) is 103 cm³/mol. The van der Waals surface area contributed by atoms with E-state index in [9.17, 15) is 9.18 Å². The van der Waals surface area contributed by atoms with Gasteiger partial charge in [-0.15, -0.1) is 0 Å². The minimum Gasteiger partial charge on any atom is -0.490 e. The molecule has 0 spiro atoms. The van der Waals surface area contributed by atoms with Crippen molar-refractivity contribution in [3.05, 3.63) is 74.7 Å². The van der Waals surface area contributed by atoms with Gasteiger partial charge in [-0.05, 0) is 42.0 Å². The number of hydrogen-bond donors (Lipinski definition) is 0. The van der Waals surface area contributed by atoms with Crippen LogP contribution in [0.15, 0.2) is 57.8 Å². The molecule has 0 saturated carbocycles. The summed E-state index contributed by atoms with van der Waals surface area (Å²) in [7, 11) is 0. The molecule has 2 aromatic carbocycles. The van der Waals surface area contributed by atoms with E-state index in [0.29, 0.717) is 34.9 Å².